The van der Waals surface area contributed by atoms with Crippen LogP contribution in [0.5, 0.6) is 0 Å². The van der Waals surface area contributed by atoms with Crippen molar-refractivity contribution in [2.24, 2.45) is 46.3 Å². The van der Waals surface area contributed by atoms with Crippen molar-refractivity contribution in [3.63, 3.8) is 0 Å². The summed E-state index contributed by atoms with van der Waals surface area (Å²) < 4.78 is 0. The topological polar surface area (TPSA) is 0 Å². The highest BCUT2D eigenvalue weighted by Gasteiger charge is 2.57. The maximum absolute atomic E-state index is 2.66. The lowest BCUT2D eigenvalue weighted by Crippen LogP contribution is -2.48. The first-order chi connectivity index (χ1) is 9.64. The van der Waals surface area contributed by atoms with Gasteiger partial charge in [0.25, 0.3) is 0 Å². The fourth-order valence-electron chi connectivity index (χ4n) is 6.25. The second-order valence-electron chi connectivity index (χ2n) is 9.78. The van der Waals surface area contributed by atoms with E-state index in [2.05, 4.69) is 55.4 Å². The fraction of sp³-hybridized carbons (Fsp3) is 1.00. The van der Waals surface area contributed by atoms with Crippen LogP contribution in [0, 0.1) is 46.3 Å². The van der Waals surface area contributed by atoms with Gasteiger partial charge in [-0.1, -0.05) is 61.8 Å². The monoisotopic (exact) mass is 292 g/mol. The third-order valence-corrected chi connectivity index (χ3v) is 8.13. The smallest absolute Gasteiger partial charge is 0.0241 e. The fourth-order valence-corrected chi connectivity index (χ4v) is 6.25. The summed E-state index contributed by atoms with van der Waals surface area (Å²) in [6.07, 6.45) is 7.23. The molecule has 0 N–H and O–H groups in total. The first-order valence-electron chi connectivity index (χ1n) is 9.64. The van der Waals surface area contributed by atoms with Crippen LogP contribution in [0.4, 0.5) is 0 Å². The summed E-state index contributed by atoms with van der Waals surface area (Å²) in [6, 6.07) is 0. The summed E-state index contributed by atoms with van der Waals surface area (Å²) in [5.41, 5.74) is 1.11. The van der Waals surface area contributed by atoms with E-state index in [0.717, 1.165) is 35.5 Å². The van der Waals surface area contributed by atoms with E-state index in [-0.39, 0.29) is 0 Å². The van der Waals surface area contributed by atoms with Crippen LogP contribution in [-0.2, 0) is 0 Å². The molecule has 2 fully saturated rings. The quantitative estimate of drug-likeness (QED) is 0.523. The lowest BCUT2D eigenvalue weighted by atomic mass is 9.50. The molecule has 0 spiro atoms. The predicted octanol–water partition coefficient (Wildman–Crippen LogP) is 6.79. The Hall–Kier alpha value is 0. The van der Waals surface area contributed by atoms with Crippen molar-refractivity contribution in [2.75, 3.05) is 0 Å². The van der Waals surface area contributed by atoms with Crippen molar-refractivity contribution >= 4 is 0 Å². The van der Waals surface area contributed by atoms with Gasteiger partial charge >= 0.3 is 0 Å². The maximum Gasteiger partial charge on any atom is -0.0241 e. The van der Waals surface area contributed by atoms with Gasteiger partial charge in [0, 0.05) is 0 Å². The Morgan fingerprint density at radius 3 is 2.10 bits per heavy atom. The van der Waals surface area contributed by atoms with E-state index >= 15 is 0 Å². The molecule has 0 aromatic carbocycles. The van der Waals surface area contributed by atoms with Crippen molar-refractivity contribution in [3.8, 4) is 0 Å². The number of hydrogen-bond acceptors (Lipinski definition) is 0. The zero-order valence-corrected chi connectivity index (χ0v) is 16.0. The predicted molar refractivity (Wildman–Crippen MR) is 94.3 cm³/mol. The number of rotatable bonds is 5. The second kappa shape index (κ2) is 5.89. The van der Waals surface area contributed by atoms with Gasteiger partial charge in [0.2, 0.25) is 0 Å². The van der Waals surface area contributed by atoms with Crippen molar-refractivity contribution < 1.29 is 0 Å². The molecule has 2 rings (SSSR count). The van der Waals surface area contributed by atoms with Gasteiger partial charge in [-0.05, 0) is 72.0 Å². The summed E-state index contributed by atoms with van der Waals surface area (Å²) in [5.74, 6) is 5.57. The Bertz CT molecular complexity index is 357. The Labute approximate surface area is 134 Å². The molecule has 0 amide bonds. The van der Waals surface area contributed by atoms with Crippen molar-refractivity contribution in [2.45, 2.75) is 87.5 Å². The summed E-state index contributed by atoms with van der Waals surface area (Å²) in [4.78, 5) is 0. The van der Waals surface area contributed by atoms with Crippen molar-refractivity contribution in [1.82, 2.24) is 0 Å². The minimum absolute atomic E-state index is 0.553. The standard InChI is InChI=1S/C21H40/c1-9-18-12-20(7,11-14(2)3)21(8,13-18)17(6)19-10-15(4)16(19)5/h14-19H,9-13H2,1-8H3. The molecule has 2 saturated carbocycles. The zero-order chi connectivity index (χ0) is 16.0. The molecule has 2 aliphatic carbocycles. The zero-order valence-electron chi connectivity index (χ0n) is 16.0. The molecular formula is C21H40. The Morgan fingerprint density at radius 2 is 1.67 bits per heavy atom. The van der Waals surface area contributed by atoms with Crippen LogP contribution in [0.25, 0.3) is 0 Å². The third-order valence-electron chi connectivity index (χ3n) is 8.13. The van der Waals surface area contributed by atoms with E-state index in [1.54, 1.807) is 0 Å². The molecule has 0 radical (unpaired) electrons. The van der Waals surface area contributed by atoms with Crippen LogP contribution < -0.4 is 0 Å². The minimum atomic E-state index is 0.553. The van der Waals surface area contributed by atoms with Crippen LogP contribution >= 0.6 is 0 Å². The van der Waals surface area contributed by atoms with Crippen LogP contribution in [0.15, 0.2) is 0 Å². The summed E-state index contributed by atoms with van der Waals surface area (Å²) in [5, 5.41) is 0. The highest BCUT2D eigenvalue weighted by atomic mass is 14.6. The average molecular weight is 293 g/mol. The molecular weight excluding hydrogens is 252 g/mol. The van der Waals surface area contributed by atoms with E-state index < -0.39 is 0 Å². The highest BCUT2D eigenvalue weighted by Crippen LogP contribution is 2.65. The largest absolute Gasteiger partial charge is 0.0651 e. The summed E-state index contributed by atoms with van der Waals surface area (Å²) >= 11 is 0. The SMILES string of the molecule is CCC1CC(C)(CC(C)C)C(C)(C(C)C2CC(C)C2C)C1. The Balaban J connectivity index is 2.23. The number of hydrogen-bond donors (Lipinski definition) is 0. The van der Waals surface area contributed by atoms with Gasteiger partial charge in [0.05, 0.1) is 0 Å². The lowest BCUT2D eigenvalue weighted by Gasteiger charge is -2.55. The molecule has 0 heteroatoms. The van der Waals surface area contributed by atoms with Gasteiger partial charge in [-0.15, -0.1) is 0 Å². The van der Waals surface area contributed by atoms with Crippen LogP contribution in [-0.4, -0.2) is 0 Å². The van der Waals surface area contributed by atoms with E-state index in [4.69, 9.17) is 0 Å². The molecule has 0 aromatic rings. The molecule has 0 saturated heterocycles. The second-order valence-corrected chi connectivity index (χ2v) is 9.78. The molecule has 0 bridgehead atoms. The van der Waals surface area contributed by atoms with Gasteiger partial charge in [0.1, 0.15) is 0 Å². The maximum atomic E-state index is 2.66. The molecule has 124 valence electrons. The molecule has 0 heterocycles. The van der Waals surface area contributed by atoms with Gasteiger partial charge in [-0.2, -0.15) is 0 Å². The Morgan fingerprint density at radius 1 is 1.05 bits per heavy atom. The molecule has 0 nitrogen and oxygen atoms in total. The van der Waals surface area contributed by atoms with Crippen LogP contribution in [0.3, 0.4) is 0 Å². The van der Waals surface area contributed by atoms with Crippen molar-refractivity contribution in [1.29, 1.82) is 0 Å². The van der Waals surface area contributed by atoms with Gasteiger partial charge in [0.15, 0.2) is 0 Å². The Kier molecular flexibility index (Phi) is 4.87. The first-order valence-corrected chi connectivity index (χ1v) is 9.64. The first kappa shape index (κ1) is 17.4. The van der Waals surface area contributed by atoms with E-state index in [1.807, 2.05) is 0 Å². The molecule has 0 aliphatic heterocycles. The average Bonchev–Trinajstić information content (AvgIpc) is 2.66. The van der Waals surface area contributed by atoms with Crippen LogP contribution in [0.1, 0.15) is 87.5 Å². The van der Waals surface area contributed by atoms with Crippen molar-refractivity contribution in [3.05, 3.63) is 0 Å². The molecule has 21 heavy (non-hydrogen) atoms. The van der Waals surface area contributed by atoms with Gasteiger partial charge in [-0.3, -0.25) is 0 Å². The van der Waals surface area contributed by atoms with Gasteiger partial charge < -0.3 is 0 Å². The lowest BCUT2D eigenvalue weighted by molar-refractivity contribution is -0.0602. The minimum Gasteiger partial charge on any atom is -0.0651 e. The highest BCUT2D eigenvalue weighted by molar-refractivity contribution is 5.06. The van der Waals surface area contributed by atoms with E-state index in [0.29, 0.717) is 10.8 Å². The van der Waals surface area contributed by atoms with E-state index in [9.17, 15) is 0 Å². The summed E-state index contributed by atoms with van der Waals surface area (Å²) in [6.45, 7) is 20.1. The van der Waals surface area contributed by atoms with Gasteiger partial charge in [-0.25, -0.2) is 0 Å². The molecule has 7 unspecified atom stereocenters. The molecule has 2 aliphatic rings. The molecule has 0 aromatic heterocycles. The van der Waals surface area contributed by atoms with Crippen LogP contribution in [0.2, 0.25) is 0 Å². The van der Waals surface area contributed by atoms with E-state index in [1.165, 1.54) is 32.1 Å². The third kappa shape index (κ3) is 2.81. The summed E-state index contributed by atoms with van der Waals surface area (Å²) in [7, 11) is 0. The normalized spacial score (nSPS) is 48.4. The molecule has 7 atom stereocenters.